The Morgan fingerprint density at radius 3 is 2.11 bits per heavy atom. The normalized spacial score (nSPS) is 13.8. The molecule has 1 aromatic rings. The summed E-state index contributed by atoms with van der Waals surface area (Å²) in [7, 11) is 0. The fourth-order valence-electron chi connectivity index (χ4n) is 4.31. The Hall–Kier alpha value is -2.22. The van der Waals surface area contributed by atoms with E-state index in [4.69, 9.17) is 4.74 Å². The van der Waals surface area contributed by atoms with E-state index in [1.807, 2.05) is 38.1 Å². The second-order valence-electron chi connectivity index (χ2n) is 11.2. The predicted octanol–water partition coefficient (Wildman–Crippen LogP) is 6.35. The first-order chi connectivity index (χ1) is 17.9. The highest BCUT2D eigenvalue weighted by Gasteiger charge is 2.36. The van der Waals surface area contributed by atoms with Crippen LogP contribution in [0.15, 0.2) is 24.3 Å². The average Bonchev–Trinajstić information content (AvgIpc) is 2.83. The van der Waals surface area contributed by atoms with Crippen molar-refractivity contribution in [2.45, 2.75) is 124 Å². The maximum atomic E-state index is 14.0. The van der Waals surface area contributed by atoms with Crippen LogP contribution >= 0.6 is 12.6 Å². The molecule has 7 nitrogen and oxygen atoms in total. The minimum atomic E-state index is -0.929. The fourth-order valence-corrected chi connectivity index (χ4v) is 4.56. The van der Waals surface area contributed by atoms with E-state index in [1.165, 1.54) is 6.42 Å². The number of hydrogen-bond donors (Lipinski definition) is 3. The van der Waals surface area contributed by atoms with Crippen LogP contribution in [0.25, 0.3) is 0 Å². The lowest BCUT2D eigenvalue weighted by atomic mass is 10.00. The van der Waals surface area contributed by atoms with E-state index in [0.29, 0.717) is 6.54 Å². The molecule has 1 aromatic carbocycles. The molecular weight excluding hydrogens is 498 g/mol. The van der Waals surface area contributed by atoms with Crippen molar-refractivity contribution in [1.29, 1.82) is 0 Å². The number of amides is 3. The Morgan fingerprint density at radius 2 is 1.55 bits per heavy atom. The van der Waals surface area contributed by atoms with Gasteiger partial charge in [0.1, 0.15) is 17.7 Å². The van der Waals surface area contributed by atoms with Crippen molar-refractivity contribution in [3.63, 3.8) is 0 Å². The summed E-state index contributed by atoms with van der Waals surface area (Å²) in [6.45, 7) is 13.9. The standard InChI is InChI=1S/C30H51N3O4S/c1-8-10-11-12-13-14-20-33(28(35)25(21-38)32-29(36)37-30(5,6)7)26(24-18-16-22(3)17-19-24)27(34)31-23(4)15-9-2/h16-19,23,25-26,38H,8-15,20-21H2,1-7H3,(H,31,34)(H,32,36). The fraction of sp³-hybridized carbons (Fsp3) is 0.700. The molecule has 1 rings (SSSR count). The molecule has 0 radical (unpaired) electrons. The van der Waals surface area contributed by atoms with E-state index in [9.17, 15) is 14.4 Å². The van der Waals surface area contributed by atoms with Crippen LogP contribution in [0, 0.1) is 6.92 Å². The summed E-state index contributed by atoms with van der Waals surface area (Å²) in [5, 5.41) is 5.79. The summed E-state index contributed by atoms with van der Waals surface area (Å²) in [5.41, 5.74) is 1.11. The van der Waals surface area contributed by atoms with Crippen molar-refractivity contribution < 1.29 is 19.1 Å². The second-order valence-corrected chi connectivity index (χ2v) is 11.6. The third-order valence-corrected chi connectivity index (χ3v) is 6.64. The van der Waals surface area contributed by atoms with E-state index >= 15 is 0 Å². The van der Waals surface area contributed by atoms with Gasteiger partial charge in [-0.1, -0.05) is 82.2 Å². The minimum Gasteiger partial charge on any atom is -0.444 e. The van der Waals surface area contributed by atoms with Crippen molar-refractivity contribution in [2.75, 3.05) is 12.3 Å². The number of unbranched alkanes of at least 4 members (excludes halogenated alkanes) is 5. The molecular formula is C30H51N3O4S. The number of nitrogens with one attached hydrogen (secondary N) is 2. The molecule has 216 valence electrons. The van der Waals surface area contributed by atoms with Crippen LogP contribution in [0.5, 0.6) is 0 Å². The topological polar surface area (TPSA) is 87.7 Å². The molecule has 0 fully saturated rings. The van der Waals surface area contributed by atoms with Gasteiger partial charge in [0.05, 0.1) is 0 Å². The van der Waals surface area contributed by atoms with Gasteiger partial charge in [0.2, 0.25) is 11.8 Å². The van der Waals surface area contributed by atoms with Gasteiger partial charge in [-0.2, -0.15) is 12.6 Å². The Kier molecular flexibility index (Phi) is 15.5. The number of rotatable bonds is 16. The average molecular weight is 550 g/mol. The smallest absolute Gasteiger partial charge is 0.408 e. The Labute approximate surface area is 236 Å². The molecule has 0 spiro atoms. The van der Waals surface area contributed by atoms with E-state index in [2.05, 4.69) is 37.1 Å². The first-order valence-corrected chi connectivity index (χ1v) is 14.8. The Morgan fingerprint density at radius 1 is 0.947 bits per heavy atom. The van der Waals surface area contributed by atoms with Crippen molar-refractivity contribution >= 4 is 30.5 Å². The van der Waals surface area contributed by atoms with Crippen LogP contribution in [0.4, 0.5) is 4.79 Å². The molecule has 0 saturated heterocycles. The number of alkyl carbamates (subject to hydrolysis) is 1. The van der Waals surface area contributed by atoms with Crippen LogP contribution in [-0.4, -0.2) is 52.8 Å². The highest BCUT2D eigenvalue weighted by Crippen LogP contribution is 2.25. The first-order valence-electron chi connectivity index (χ1n) is 14.2. The molecule has 3 unspecified atom stereocenters. The summed E-state index contributed by atoms with van der Waals surface area (Å²) >= 11 is 4.37. The van der Waals surface area contributed by atoms with Crippen LogP contribution in [0.3, 0.4) is 0 Å². The second kappa shape index (κ2) is 17.4. The van der Waals surface area contributed by atoms with E-state index in [-0.39, 0.29) is 23.6 Å². The van der Waals surface area contributed by atoms with Gasteiger partial charge in [-0.05, 0) is 53.0 Å². The molecule has 0 bridgehead atoms. The van der Waals surface area contributed by atoms with Crippen molar-refractivity contribution in [1.82, 2.24) is 15.5 Å². The van der Waals surface area contributed by atoms with Crippen molar-refractivity contribution in [3.05, 3.63) is 35.4 Å². The zero-order chi connectivity index (χ0) is 28.7. The molecule has 3 amide bonds. The highest BCUT2D eigenvalue weighted by atomic mass is 32.1. The van der Waals surface area contributed by atoms with Crippen LogP contribution in [-0.2, 0) is 14.3 Å². The maximum absolute atomic E-state index is 14.0. The molecule has 0 aromatic heterocycles. The Balaban J connectivity index is 3.33. The van der Waals surface area contributed by atoms with Gasteiger partial charge in [0.25, 0.3) is 0 Å². The van der Waals surface area contributed by atoms with Gasteiger partial charge < -0.3 is 20.3 Å². The monoisotopic (exact) mass is 549 g/mol. The summed E-state index contributed by atoms with van der Waals surface area (Å²) in [6.07, 6.45) is 7.42. The van der Waals surface area contributed by atoms with Crippen LogP contribution in [0.1, 0.15) is 110 Å². The van der Waals surface area contributed by atoms with Gasteiger partial charge >= 0.3 is 6.09 Å². The van der Waals surface area contributed by atoms with Crippen LogP contribution < -0.4 is 10.6 Å². The summed E-state index contributed by atoms with van der Waals surface area (Å²) in [6, 6.07) is 5.95. The number of benzene rings is 1. The van der Waals surface area contributed by atoms with E-state index in [0.717, 1.165) is 56.1 Å². The molecule has 38 heavy (non-hydrogen) atoms. The zero-order valence-electron chi connectivity index (χ0n) is 24.6. The highest BCUT2D eigenvalue weighted by molar-refractivity contribution is 7.80. The predicted molar refractivity (Wildman–Crippen MR) is 159 cm³/mol. The van der Waals surface area contributed by atoms with Gasteiger partial charge in [0.15, 0.2) is 0 Å². The number of carbonyl (C=O) groups excluding carboxylic acids is 3. The molecule has 3 atom stereocenters. The van der Waals surface area contributed by atoms with Crippen LogP contribution in [0.2, 0.25) is 0 Å². The number of ether oxygens (including phenoxy) is 1. The number of thiol groups is 1. The molecule has 0 aliphatic rings. The van der Waals surface area contributed by atoms with Crippen molar-refractivity contribution in [2.24, 2.45) is 0 Å². The van der Waals surface area contributed by atoms with E-state index in [1.54, 1.807) is 25.7 Å². The third-order valence-electron chi connectivity index (χ3n) is 6.27. The minimum absolute atomic E-state index is 0.0213. The van der Waals surface area contributed by atoms with Gasteiger partial charge in [-0.25, -0.2) is 4.79 Å². The Bertz CT molecular complexity index is 854. The quantitative estimate of drug-likeness (QED) is 0.166. The lowest BCUT2D eigenvalue weighted by Crippen LogP contribution is -2.54. The summed E-state index contributed by atoms with van der Waals surface area (Å²) in [4.78, 5) is 41.8. The molecule has 2 N–H and O–H groups in total. The van der Waals surface area contributed by atoms with Gasteiger partial charge in [-0.3, -0.25) is 9.59 Å². The SMILES string of the molecule is CCCCCCCCN(C(=O)C(CS)NC(=O)OC(C)(C)C)C(C(=O)NC(C)CCC)c1ccc(C)cc1. The number of aryl methyl sites for hydroxylation is 1. The molecule has 0 heterocycles. The number of nitrogens with zero attached hydrogens (tertiary/aromatic N) is 1. The van der Waals surface area contributed by atoms with Gasteiger partial charge in [0, 0.05) is 18.3 Å². The lowest BCUT2D eigenvalue weighted by molar-refractivity contribution is -0.142. The zero-order valence-corrected chi connectivity index (χ0v) is 25.5. The molecule has 0 aliphatic heterocycles. The number of carbonyl (C=O) groups is 3. The van der Waals surface area contributed by atoms with Gasteiger partial charge in [-0.15, -0.1) is 0 Å². The lowest BCUT2D eigenvalue weighted by Gasteiger charge is -2.35. The largest absolute Gasteiger partial charge is 0.444 e. The molecule has 0 saturated carbocycles. The number of hydrogen-bond acceptors (Lipinski definition) is 5. The summed E-state index contributed by atoms with van der Waals surface area (Å²) < 4.78 is 5.39. The van der Waals surface area contributed by atoms with E-state index < -0.39 is 23.8 Å². The summed E-state index contributed by atoms with van der Waals surface area (Å²) in [5.74, 6) is -0.480. The first kappa shape index (κ1) is 33.8. The molecule has 8 heteroatoms. The van der Waals surface area contributed by atoms with Crippen molar-refractivity contribution in [3.8, 4) is 0 Å². The molecule has 0 aliphatic carbocycles. The maximum Gasteiger partial charge on any atom is 0.408 e. The third kappa shape index (κ3) is 12.5.